The number of nitrogens with one attached hydrogen (secondary N) is 2. The average molecular weight is 598 g/mol. The molecule has 11 heteroatoms. The Morgan fingerprint density at radius 1 is 0.952 bits per heavy atom. The highest BCUT2D eigenvalue weighted by Gasteiger charge is 2.34. The zero-order valence-corrected chi connectivity index (χ0v) is 24.0. The number of aromatic nitrogens is 5. The number of benzene rings is 3. The Labute approximate surface area is 251 Å². The SMILES string of the molecule is C[C@@H](NC(=O)c1nn(-c2ccc(Cl)cc2)c2c1CN(C(=O)c1ncn[nH]1)C/C2=C\c1ccc(Cl)cc1)c1ccccc1. The van der Waals surface area contributed by atoms with E-state index in [0.717, 1.165) is 28.1 Å². The van der Waals surface area contributed by atoms with Crippen molar-refractivity contribution in [2.75, 3.05) is 6.54 Å². The molecule has 1 aliphatic heterocycles. The molecule has 0 aliphatic carbocycles. The maximum atomic E-state index is 13.8. The van der Waals surface area contributed by atoms with Gasteiger partial charge in [0.15, 0.2) is 5.69 Å². The van der Waals surface area contributed by atoms with E-state index in [1.165, 1.54) is 6.33 Å². The highest BCUT2D eigenvalue weighted by molar-refractivity contribution is 6.30. The van der Waals surface area contributed by atoms with Gasteiger partial charge in [-0.1, -0.05) is 65.7 Å². The lowest BCUT2D eigenvalue weighted by molar-refractivity contribution is 0.0746. The van der Waals surface area contributed by atoms with E-state index >= 15 is 0 Å². The van der Waals surface area contributed by atoms with Gasteiger partial charge in [-0.15, -0.1) is 0 Å². The van der Waals surface area contributed by atoms with Crippen molar-refractivity contribution in [1.29, 1.82) is 0 Å². The van der Waals surface area contributed by atoms with Crippen molar-refractivity contribution in [1.82, 2.24) is 35.2 Å². The second-order valence-electron chi connectivity index (χ2n) is 9.89. The molecule has 3 heterocycles. The van der Waals surface area contributed by atoms with Crippen LogP contribution in [-0.2, 0) is 6.54 Å². The first-order valence-corrected chi connectivity index (χ1v) is 14.0. The largest absolute Gasteiger partial charge is 0.344 e. The number of carbonyl (C=O) groups is 2. The van der Waals surface area contributed by atoms with Crippen LogP contribution >= 0.6 is 23.2 Å². The Bertz CT molecular complexity index is 1760. The molecule has 210 valence electrons. The summed E-state index contributed by atoms with van der Waals surface area (Å²) in [5.74, 6) is -0.586. The van der Waals surface area contributed by atoms with Gasteiger partial charge < -0.3 is 10.2 Å². The van der Waals surface area contributed by atoms with Crippen LogP contribution in [0.15, 0.2) is 85.2 Å². The molecule has 42 heavy (non-hydrogen) atoms. The van der Waals surface area contributed by atoms with Gasteiger partial charge in [-0.25, -0.2) is 9.67 Å². The summed E-state index contributed by atoms with van der Waals surface area (Å²) in [5, 5.41) is 15.6. The molecule has 0 fully saturated rings. The van der Waals surface area contributed by atoms with E-state index in [2.05, 4.69) is 20.5 Å². The molecule has 0 spiro atoms. The second-order valence-corrected chi connectivity index (χ2v) is 10.8. The number of nitrogens with zero attached hydrogens (tertiary/aromatic N) is 5. The first kappa shape index (κ1) is 27.4. The van der Waals surface area contributed by atoms with Crippen molar-refractivity contribution in [2.24, 2.45) is 0 Å². The van der Waals surface area contributed by atoms with Crippen LogP contribution in [0.5, 0.6) is 0 Å². The van der Waals surface area contributed by atoms with Gasteiger partial charge in [0.05, 0.1) is 24.0 Å². The zero-order chi connectivity index (χ0) is 29.2. The maximum Gasteiger partial charge on any atom is 0.291 e. The number of hydrogen-bond acceptors (Lipinski definition) is 5. The van der Waals surface area contributed by atoms with Crippen molar-refractivity contribution in [2.45, 2.75) is 19.5 Å². The molecule has 2 N–H and O–H groups in total. The van der Waals surface area contributed by atoms with Crippen molar-refractivity contribution in [3.8, 4) is 5.69 Å². The Hall–Kier alpha value is -4.73. The van der Waals surface area contributed by atoms with E-state index in [1.807, 2.05) is 67.6 Å². The highest BCUT2D eigenvalue weighted by Crippen LogP contribution is 2.34. The highest BCUT2D eigenvalue weighted by atomic mass is 35.5. The van der Waals surface area contributed by atoms with Crippen LogP contribution in [0.4, 0.5) is 0 Å². The number of rotatable bonds is 6. The Morgan fingerprint density at radius 3 is 2.31 bits per heavy atom. The van der Waals surface area contributed by atoms with Gasteiger partial charge in [0.2, 0.25) is 5.82 Å². The predicted octanol–water partition coefficient (Wildman–Crippen LogP) is 5.98. The Balaban J connectivity index is 1.49. The molecule has 6 rings (SSSR count). The van der Waals surface area contributed by atoms with E-state index < -0.39 is 0 Å². The third-order valence-corrected chi connectivity index (χ3v) is 7.55. The maximum absolute atomic E-state index is 13.8. The number of carbonyl (C=O) groups excluding carboxylic acids is 2. The van der Waals surface area contributed by atoms with Gasteiger partial charge >= 0.3 is 0 Å². The summed E-state index contributed by atoms with van der Waals surface area (Å²) in [6.07, 6.45) is 3.26. The zero-order valence-electron chi connectivity index (χ0n) is 22.5. The van der Waals surface area contributed by atoms with E-state index in [1.54, 1.807) is 33.8 Å². The standard InChI is InChI=1S/C31H25Cl2N7O2/c1-19(21-5-3-2-4-6-21)36-30(41)27-26-17-39(31(42)29-34-18-35-37-29)16-22(15-20-7-9-23(32)10-8-20)28(26)40(38-27)25-13-11-24(33)12-14-25/h2-15,18-19H,16-17H2,1H3,(H,36,41)(H,34,35,37)/b22-15+/t19-/m1/s1. The molecular formula is C31H25Cl2N7O2. The lowest BCUT2D eigenvalue weighted by Crippen LogP contribution is -2.37. The molecule has 1 atom stereocenters. The van der Waals surface area contributed by atoms with E-state index in [-0.39, 0.29) is 42.5 Å². The van der Waals surface area contributed by atoms with Crippen molar-refractivity contribution in [3.63, 3.8) is 0 Å². The lowest BCUT2D eigenvalue weighted by atomic mass is 9.97. The van der Waals surface area contributed by atoms with Gasteiger partial charge in [-0.2, -0.15) is 10.2 Å². The molecule has 0 bridgehead atoms. The molecular weight excluding hydrogens is 573 g/mol. The van der Waals surface area contributed by atoms with E-state index in [4.69, 9.17) is 28.3 Å². The van der Waals surface area contributed by atoms with Gasteiger partial charge in [0.25, 0.3) is 11.8 Å². The summed E-state index contributed by atoms with van der Waals surface area (Å²) in [5.41, 5.74) is 4.91. The van der Waals surface area contributed by atoms with Gasteiger partial charge in [0.1, 0.15) is 6.33 Å². The summed E-state index contributed by atoms with van der Waals surface area (Å²) in [7, 11) is 0. The van der Waals surface area contributed by atoms with E-state index in [0.29, 0.717) is 15.6 Å². The monoisotopic (exact) mass is 597 g/mol. The van der Waals surface area contributed by atoms with Crippen LogP contribution < -0.4 is 5.32 Å². The fourth-order valence-electron chi connectivity index (χ4n) is 4.97. The second kappa shape index (κ2) is 11.6. The Kier molecular flexibility index (Phi) is 7.60. The summed E-state index contributed by atoms with van der Waals surface area (Å²) in [4.78, 5) is 33.0. The quantitative estimate of drug-likeness (QED) is 0.250. The van der Waals surface area contributed by atoms with Crippen molar-refractivity contribution < 1.29 is 9.59 Å². The van der Waals surface area contributed by atoms with Crippen LogP contribution in [0.25, 0.3) is 17.3 Å². The van der Waals surface area contributed by atoms with Gasteiger partial charge in [-0.05, 0) is 66.1 Å². The summed E-state index contributed by atoms with van der Waals surface area (Å²) < 4.78 is 1.74. The molecule has 2 aromatic heterocycles. The molecule has 0 radical (unpaired) electrons. The first-order valence-electron chi connectivity index (χ1n) is 13.2. The number of halogens is 2. The minimum atomic E-state index is -0.352. The lowest BCUT2D eigenvalue weighted by Gasteiger charge is -2.29. The fourth-order valence-corrected chi connectivity index (χ4v) is 5.23. The summed E-state index contributed by atoms with van der Waals surface area (Å²) in [6.45, 7) is 2.31. The number of aromatic amines is 1. The third-order valence-electron chi connectivity index (χ3n) is 7.05. The third kappa shape index (κ3) is 5.57. The minimum absolute atomic E-state index is 0.109. The number of H-pyrrole nitrogens is 1. The van der Waals surface area contributed by atoms with Crippen molar-refractivity contribution in [3.05, 3.63) is 129 Å². The van der Waals surface area contributed by atoms with Crippen LogP contribution in [0.3, 0.4) is 0 Å². The molecule has 2 amide bonds. The molecule has 3 aromatic carbocycles. The fraction of sp³-hybridized carbons (Fsp3) is 0.129. The van der Waals surface area contributed by atoms with Gasteiger partial charge in [0, 0.05) is 22.2 Å². The van der Waals surface area contributed by atoms with Crippen LogP contribution in [0.2, 0.25) is 10.0 Å². The number of fused-ring (bicyclic) bond motifs is 1. The first-order chi connectivity index (χ1) is 20.4. The van der Waals surface area contributed by atoms with Gasteiger partial charge in [-0.3, -0.25) is 14.7 Å². The predicted molar refractivity (Wildman–Crippen MR) is 161 cm³/mol. The minimum Gasteiger partial charge on any atom is -0.344 e. The molecule has 0 saturated carbocycles. The van der Waals surface area contributed by atoms with Crippen molar-refractivity contribution >= 4 is 46.7 Å². The number of hydrogen-bond donors (Lipinski definition) is 2. The number of amides is 2. The summed E-state index contributed by atoms with van der Waals surface area (Å²) in [6, 6.07) is 24.0. The molecule has 1 aliphatic rings. The van der Waals surface area contributed by atoms with Crippen LogP contribution in [-0.4, -0.2) is 48.2 Å². The van der Waals surface area contributed by atoms with E-state index in [9.17, 15) is 9.59 Å². The van der Waals surface area contributed by atoms with Crippen LogP contribution in [0, 0.1) is 0 Å². The average Bonchev–Trinajstić information content (AvgIpc) is 3.68. The summed E-state index contributed by atoms with van der Waals surface area (Å²) >= 11 is 12.3. The molecule has 5 aromatic rings. The molecule has 9 nitrogen and oxygen atoms in total. The van der Waals surface area contributed by atoms with Crippen LogP contribution in [0.1, 0.15) is 56.5 Å². The Morgan fingerprint density at radius 2 is 1.64 bits per heavy atom. The topological polar surface area (TPSA) is 109 Å². The molecule has 0 saturated heterocycles. The molecule has 0 unspecified atom stereocenters. The smallest absolute Gasteiger partial charge is 0.291 e. The normalized spacial score (nSPS) is 14.5.